The van der Waals surface area contributed by atoms with Gasteiger partial charge < -0.3 is 15.5 Å². The van der Waals surface area contributed by atoms with Crippen LogP contribution in [0.3, 0.4) is 0 Å². The fourth-order valence-corrected chi connectivity index (χ4v) is 2.22. The van der Waals surface area contributed by atoms with Crippen LogP contribution in [0.25, 0.3) is 0 Å². The summed E-state index contributed by atoms with van der Waals surface area (Å²) in [5.74, 6) is 0.810. The quantitative estimate of drug-likeness (QED) is 0.832. The highest BCUT2D eigenvalue weighted by Gasteiger charge is 2.22. The predicted molar refractivity (Wildman–Crippen MR) is 76.8 cm³/mol. The number of aromatic nitrogens is 1. The number of hydrogen-bond donors (Lipinski definition) is 2. The van der Waals surface area contributed by atoms with E-state index in [1.54, 1.807) is 11.9 Å². The maximum atomic E-state index is 12.4. The Labute approximate surface area is 113 Å². The van der Waals surface area contributed by atoms with Gasteiger partial charge in [0.25, 0.3) is 0 Å². The third-order valence-corrected chi connectivity index (χ3v) is 3.35. The van der Waals surface area contributed by atoms with Crippen LogP contribution in [0, 0.1) is 6.92 Å². The van der Waals surface area contributed by atoms with Gasteiger partial charge in [0.1, 0.15) is 5.82 Å². The minimum Gasteiger partial charge on any atom is -0.373 e. The van der Waals surface area contributed by atoms with Crippen molar-refractivity contribution in [2.75, 3.05) is 50.5 Å². The lowest BCUT2D eigenvalue weighted by molar-refractivity contribution is 0.198. The van der Waals surface area contributed by atoms with Crippen molar-refractivity contribution in [2.24, 2.45) is 0 Å². The lowest BCUT2D eigenvalue weighted by Gasteiger charge is -2.31. The van der Waals surface area contributed by atoms with Gasteiger partial charge in [-0.1, -0.05) is 0 Å². The molecule has 2 N–H and O–H groups in total. The van der Waals surface area contributed by atoms with Crippen molar-refractivity contribution in [3.05, 3.63) is 17.8 Å². The number of nitrogens with zero attached hydrogens (tertiary/aromatic N) is 3. The Hall–Kier alpha value is -1.82. The number of nitrogens with one attached hydrogen (secondary N) is 2. The molecular formula is C13H21N5O. The third kappa shape index (κ3) is 2.96. The van der Waals surface area contributed by atoms with Crippen LogP contribution in [0.5, 0.6) is 0 Å². The van der Waals surface area contributed by atoms with E-state index in [4.69, 9.17) is 0 Å². The second kappa shape index (κ2) is 5.88. The molecule has 1 aromatic rings. The number of amides is 2. The van der Waals surface area contributed by atoms with Gasteiger partial charge in [-0.25, -0.2) is 9.78 Å². The first-order chi connectivity index (χ1) is 9.13. The SMILES string of the molecule is CNc1ccc(N(C)C(=O)N2CCNCC2)c(C)n1. The van der Waals surface area contributed by atoms with E-state index in [-0.39, 0.29) is 6.03 Å². The van der Waals surface area contributed by atoms with E-state index in [2.05, 4.69) is 15.6 Å². The van der Waals surface area contributed by atoms with Crippen LogP contribution < -0.4 is 15.5 Å². The zero-order chi connectivity index (χ0) is 13.8. The summed E-state index contributed by atoms with van der Waals surface area (Å²) in [5.41, 5.74) is 1.69. The molecule has 2 heterocycles. The third-order valence-electron chi connectivity index (χ3n) is 3.35. The van der Waals surface area contributed by atoms with E-state index in [0.29, 0.717) is 0 Å². The van der Waals surface area contributed by atoms with E-state index in [0.717, 1.165) is 43.4 Å². The lowest BCUT2D eigenvalue weighted by atomic mass is 10.3. The molecule has 0 atom stereocenters. The molecule has 0 aromatic carbocycles. The maximum Gasteiger partial charge on any atom is 0.324 e. The number of pyridine rings is 1. The molecule has 1 fully saturated rings. The van der Waals surface area contributed by atoms with Gasteiger partial charge in [0.15, 0.2) is 0 Å². The fraction of sp³-hybridized carbons (Fsp3) is 0.538. The van der Waals surface area contributed by atoms with Gasteiger partial charge in [-0.3, -0.25) is 4.90 Å². The van der Waals surface area contributed by atoms with Crippen LogP contribution in [0.15, 0.2) is 12.1 Å². The van der Waals surface area contributed by atoms with Crippen molar-refractivity contribution in [1.82, 2.24) is 15.2 Å². The predicted octanol–water partition coefficient (Wildman–Crippen LogP) is 0.893. The summed E-state index contributed by atoms with van der Waals surface area (Å²) in [5, 5.41) is 6.24. The Bertz CT molecular complexity index is 456. The summed E-state index contributed by atoms with van der Waals surface area (Å²) in [6, 6.07) is 3.83. The molecule has 0 saturated carbocycles. The highest BCUT2D eigenvalue weighted by molar-refractivity contribution is 5.92. The molecule has 104 valence electrons. The smallest absolute Gasteiger partial charge is 0.324 e. The minimum atomic E-state index is 0.0311. The van der Waals surface area contributed by atoms with E-state index in [1.165, 1.54) is 0 Å². The van der Waals surface area contributed by atoms with Crippen molar-refractivity contribution in [1.29, 1.82) is 0 Å². The zero-order valence-corrected chi connectivity index (χ0v) is 11.7. The van der Waals surface area contributed by atoms with Gasteiger partial charge in [-0.2, -0.15) is 0 Å². The Kier molecular flexibility index (Phi) is 4.21. The average molecular weight is 263 g/mol. The van der Waals surface area contributed by atoms with Gasteiger partial charge >= 0.3 is 6.03 Å². The molecule has 0 spiro atoms. The Balaban J connectivity index is 2.14. The van der Waals surface area contributed by atoms with Crippen LogP contribution in [0.1, 0.15) is 5.69 Å². The molecule has 6 nitrogen and oxygen atoms in total. The van der Waals surface area contributed by atoms with E-state index in [1.807, 2.05) is 31.0 Å². The molecule has 2 amide bonds. The second-order valence-electron chi connectivity index (χ2n) is 4.63. The van der Waals surface area contributed by atoms with Crippen molar-refractivity contribution in [3.63, 3.8) is 0 Å². The van der Waals surface area contributed by atoms with Crippen molar-refractivity contribution in [2.45, 2.75) is 6.92 Å². The van der Waals surface area contributed by atoms with E-state index >= 15 is 0 Å². The number of aryl methyl sites for hydroxylation is 1. The van der Waals surface area contributed by atoms with Crippen molar-refractivity contribution in [3.8, 4) is 0 Å². The summed E-state index contributed by atoms with van der Waals surface area (Å²) in [6.45, 7) is 5.14. The standard InChI is InChI=1S/C13H21N5O/c1-10-11(4-5-12(14-2)16-10)17(3)13(19)18-8-6-15-7-9-18/h4-5,15H,6-9H2,1-3H3,(H,14,16). The van der Waals surface area contributed by atoms with E-state index in [9.17, 15) is 4.79 Å². The first-order valence-corrected chi connectivity index (χ1v) is 6.52. The molecule has 0 bridgehead atoms. The molecular weight excluding hydrogens is 242 g/mol. The number of carbonyl (C=O) groups excluding carboxylic acids is 1. The largest absolute Gasteiger partial charge is 0.373 e. The number of rotatable bonds is 2. The summed E-state index contributed by atoms with van der Waals surface area (Å²) in [4.78, 5) is 20.3. The summed E-state index contributed by atoms with van der Waals surface area (Å²) < 4.78 is 0. The number of carbonyl (C=O) groups is 1. The molecule has 19 heavy (non-hydrogen) atoms. The van der Waals surface area contributed by atoms with Crippen molar-refractivity contribution < 1.29 is 4.79 Å². The molecule has 1 aliphatic rings. The van der Waals surface area contributed by atoms with Crippen LogP contribution in [0.2, 0.25) is 0 Å². The van der Waals surface area contributed by atoms with Crippen LogP contribution >= 0.6 is 0 Å². The van der Waals surface area contributed by atoms with Crippen LogP contribution in [-0.4, -0.2) is 56.2 Å². The first-order valence-electron chi connectivity index (χ1n) is 6.52. The Morgan fingerprint density at radius 2 is 2.11 bits per heavy atom. The Morgan fingerprint density at radius 3 is 2.68 bits per heavy atom. The average Bonchev–Trinajstić information content (AvgIpc) is 2.46. The molecule has 6 heteroatoms. The monoisotopic (exact) mass is 263 g/mol. The molecule has 0 aliphatic carbocycles. The highest BCUT2D eigenvalue weighted by Crippen LogP contribution is 2.20. The molecule has 0 unspecified atom stereocenters. The number of hydrogen-bond acceptors (Lipinski definition) is 4. The molecule has 2 rings (SSSR count). The molecule has 0 radical (unpaired) electrons. The van der Waals surface area contributed by atoms with Gasteiger partial charge in [0, 0.05) is 40.3 Å². The lowest BCUT2D eigenvalue weighted by Crippen LogP contribution is -2.50. The number of piperazine rings is 1. The van der Waals surface area contributed by atoms with Gasteiger partial charge in [0.2, 0.25) is 0 Å². The molecule has 1 aliphatic heterocycles. The highest BCUT2D eigenvalue weighted by atomic mass is 16.2. The topological polar surface area (TPSA) is 60.5 Å². The molecule has 1 aromatic heterocycles. The summed E-state index contributed by atoms with van der Waals surface area (Å²) in [6.07, 6.45) is 0. The zero-order valence-electron chi connectivity index (χ0n) is 11.7. The van der Waals surface area contributed by atoms with Gasteiger partial charge in [-0.05, 0) is 19.1 Å². The normalized spacial score (nSPS) is 15.2. The fourth-order valence-electron chi connectivity index (χ4n) is 2.22. The summed E-state index contributed by atoms with van der Waals surface area (Å²) in [7, 11) is 3.63. The van der Waals surface area contributed by atoms with Gasteiger partial charge in [-0.15, -0.1) is 0 Å². The summed E-state index contributed by atoms with van der Waals surface area (Å²) >= 11 is 0. The van der Waals surface area contributed by atoms with Crippen LogP contribution in [-0.2, 0) is 0 Å². The maximum absolute atomic E-state index is 12.4. The van der Waals surface area contributed by atoms with Gasteiger partial charge in [0.05, 0.1) is 11.4 Å². The number of anilines is 2. The number of urea groups is 1. The second-order valence-corrected chi connectivity index (χ2v) is 4.63. The molecule has 1 saturated heterocycles. The van der Waals surface area contributed by atoms with Crippen LogP contribution in [0.4, 0.5) is 16.3 Å². The Morgan fingerprint density at radius 1 is 1.42 bits per heavy atom. The van der Waals surface area contributed by atoms with E-state index < -0.39 is 0 Å². The minimum absolute atomic E-state index is 0.0311. The first kappa shape index (κ1) is 13.6. The van der Waals surface area contributed by atoms with Crippen molar-refractivity contribution >= 4 is 17.5 Å².